The first-order valence-electron chi connectivity index (χ1n) is 7.88. The van der Waals surface area contributed by atoms with Crippen LogP contribution < -0.4 is 5.32 Å². The van der Waals surface area contributed by atoms with Gasteiger partial charge in [0.1, 0.15) is 0 Å². The van der Waals surface area contributed by atoms with Gasteiger partial charge in [0.05, 0.1) is 6.20 Å². The molecule has 0 radical (unpaired) electrons. The van der Waals surface area contributed by atoms with Gasteiger partial charge in [-0.1, -0.05) is 20.8 Å². The van der Waals surface area contributed by atoms with Gasteiger partial charge in [0.25, 0.3) is 0 Å². The number of likely N-dealkylation sites (N-methyl/N-ethyl adjacent to an activating group) is 1. The molecule has 1 aromatic heterocycles. The number of aryl methyl sites for hydroxylation is 1. The number of hydrogen-bond acceptors (Lipinski definition) is 3. The molecule has 1 N–H and O–H groups in total. The average Bonchev–Trinajstić information content (AvgIpc) is 2.82. The lowest BCUT2D eigenvalue weighted by atomic mass is 9.80. The van der Waals surface area contributed by atoms with E-state index in [1.165, 1.54) is 12.0 Å². The molecule has 0 spiro atoms. The molecule has 0 bridgehead atoms. The van der Waals surface area contributed by atoms with Crippen LogP contribution in [0.1, 0.15) is 45.6 Å². The summed E-state index contributed by atoms with van der Waals surface area (Å²) in [7, 11) is 6.39. The van der Waals surface area contributed by atoms with Gasteiger partial charge in [0.2, 0.25) is 0 Å². The maximum Gasteiger partial charge on any atom is 0.0522 e. The van der Waals surface area contributed by atoms with Crippen LogP contribution in [0.2, 0.25) is 0 Å². The lowest BCUT2D eigenvalue weighted by molar-refractivity contribution is 0.0881. The molecule has 0 fully saturated rings. The smallest absolute Gasteiger partial charge is 0.0522 e. The minimum atomic E-state index is 0.199. The molecular weight excluding hydrogens is 248 g/mol. The Balaban J connectivity index is 2.96. The molecule has 1 unspecified atom stereocenters. The van der Waals surface area contributed by atoms with E-state index < -0.39 is 0 Å². The third-order valence-electron chi connectivity index (χ3n) is 4.60. The number of nitrogens with one attached hydrogen (secondary N) is 1. The van der Waals surface area contributed by atoms with E-state index in [9.17, 15) is 0 Å². The second-order valence-electron chi connectivity index (χ2n) is 5.94. The van der Waals surface area contributed by atoms with Crippen molar-refractivity contribution in [2.75, 3.05) is 20.6 Å². The van der Waals surface area contributed by atoms with E-state index in [1.54, 1.807) is 0 Å². The fourth-order valence-electron chi connectivity index (χ4n) is 3.27. The van der Waals surface area contributed by atoms with E-state index in [0.29, 0.717) is 6.04 Å². The third kappa shape index (κ3) is 3.83. The van der Waals surface area contributed by atoms with Crippen molar-refractivity contribution in [3.63, 3.8) is 0 Å². The number of rotatable bonds is 9. The topological polar surface area (TPSA) is 33.1 Å². The average molecular weight is 280 g/mol. The van der Waals surface area contributed by atoms with E-state index in [2.05, 4.69) is 56.4 Å². The summed E-state index contributed by atoms with van der Waals surface area (Å²) in [6.07, 6.45) is 8.63. The van der Waals surface area contributed by atoms with E-state index in [4.69, 9.17) is 0 Å². The number of hydrogen-bond donors (Lipinski definition) is 1. The molecule has 1 atom stereocenters. The zero-order valence-corrected chi connectivity index (χ0v) is 14.1. The van der Waals surface area contributed by atoms with Crippen LogP contribution in [0.3, 0.4) is 0 Å². The number of aromatic nitrogens is 2. The maximum absolute atomic E-state index is 4.30. The Kier molecular flexibility index (Phi) is 6.69. The van der Waals surface area contributed by atoms with Gasteiger partial charge in [0.15, 0.2) is 0 Å². The first kappa shape index (κ1) is 17.2. The zero-order chi connectivity index (χ0) is 15.2. The summed E-state index contributed by atoms with van der Waals surface area (Å²) in [4.78, 5) is 2.40. The molecular formula is C16H32N4. The summed E-state index contributed by atoms with van der Waals surface area (Å²) in [5.74, 6) is 0. The molecule has 1 aromatic rings. The van der Waals surface area contributed by atoms with E-state index in [0.717, 1.165) is 25.8 Å². The molecule has 4 heteroatoms. The molecule has 20 heavy (non-hydrogen) atoms. The molecule has 4 nitrogen and oxygen atoms in total. The summed E-state index contributed by atoms with van der Waals surface area (Å²) < 4.78 is 1.89. The minimum Gasteiger partial charge on any atom is -0.312 e. The van der Waals surface area contributed by atoms with Gasteiger partial charge in [-0.05, 0) is 51.9 Å². The van der Waals surface area contributed by atoms with Crippen LogP contribution in [0.25, 0.3) is 0 Å². The van der Waals surface area contributed by atoms with Crippen molar-refractivity contribution in [2.45, 2.75) is 58.0 Å². The van der Waals surface area contributed by atoms with Crippen molar-refractivity contribution >= 4 is 0 Å². The highest BCUT2D eigenvalue weighted by atomic mass is 15.2. The van der Waals surface area contributed by atoms with Gasteiger partial charge >= 0.3 is 0 Å². The predicted molar refractivity (Wildman–Crippen MR) is 86.0 cm³/mol. The largest absolute Gasteiger partial charge is 0.312 e. The highest BCUT2D eigenvalue weighted by Gasteiger charge is 2.37. The van der Waals surface area contributed by atoms with Crippen LogP contribution in [0.15, 0.2) is 12.4 Å². The van der Waals surface area contributed by atoms with Gasteiger partial charge in [-0.15, -0.1) is 0 Å². The standard InChI is InChI=1S/C16H32N4/c1-7-10-17-15(11-14-12-18-20(6)13-14)16(8-2,9-3)19(4)5/h12-13,15,17H,7-11H2,1-6H3. The summed E-state index contributed by atoms with van der Waals surface area (Å²) in [5, 5.41) is 8.08. The molecule has 1 rings (SSSR count). The van der Waals surface area contributed by atoms with Crippen LogP contribution >= 0.6 is 0 Å². The Bertz CT molecular complexity index is 380. The molecule has 0 aliphatic carbocycles. The van der Waals surface area contributed by atoms with E-state index in [1.807, 2.05) is 17.9 Å². The van der Waals surface area contributed by atoms with Crippen molar-refractivity contribution in [1.82, 2.24) is 20.0 Å². The summed E-state index contributed by atoms with van der Waals surface area (Å²) >= 11 is 0. The molecule has 0 saturated carbocycles. The molecule has 116 valence electrons. The predicted octanol–water partition coefficient (Wildman–Crippen LogP) is 2.45. The van der Waals surface area contributed by atoms with Crippen molar-refractivity contribution in [3.8, 4) is 0 Å². The van der Waals surface area contributed by atoms with Gasteiger partial charge in [-0.2, -0.15) is 5.10 Å². The molecule has 0 saturated heterocycles. The van der Waals surface area contributed by atoms with Gasteiger partial charge in [-0.25, -0.2) is 0 Å². The van der Waals surface area contributed by atoms with Crippen molar-refractivity contribution in [1.29, 1.82) is 0 Å². The maximum atomic E-state index is 4.30. The van der Waals surface area contributed by atoms with Crippen LogP contribution in [0.5, 0.6) is 0 Å². The summed E-state index contributed by atoms with van der Waals surface area (Å²) in [6, 6.07) is 0.455. The van der Waals surface area contributed by atoms with Crippen LogP contribution in [-0.2, 0) is 13.5 Å². The Morgan fingerprint density at radius 2 is 1.95 bits per heavy atom. The fraction of sp³-hybridized carbons (Fsp3) is 0.812. The molecule has 0 aromatic carbocycles. The lowest BCUT2D eigenvalue weighted by Gasteiger charge is -2.45. The Hall–Kier alpha value is -0.870. The monoisotopic (exact) mass is 280 g/mol. The SMILES string of the molecule is CCCNC(Cc1cnn(C)c1)C(CC)(CC)N(C)C. The number of nitrogens with zero attached hydrogens (tertiary/aromatic N) is 3. The van der Waals surface area contributed by atoms with Crippen LogP contribution in [-0.4, -0.2) is 46.9 Å². The van der Waals surface area contributed by atoms with Gasteiger partial charge < -0.3 is 10.2 Å². The van der Waals surface area contributed by atoms with Crippen LogP contribution in [0, 0.1) is 0 Å². The first-order valence-corrected chi connectivity index (χ1v) is 7.88. The molecule has 1 heterocycles. The van der Waals surface area contributed by atoms with Crippen LogP contribution in [0.4, 0.5) is 0 Å². The Labute approximate surface area is 124 Å². The summed E-state index contributed by atoms with van der Waals surface area (Å²) in [5.41, 5.74) is 1.51. The molecule has 0 amide bonds. The fourth-order valence-corrected chi connectivity index (χ4v) is 3.27. The highest BCUT2D eigenvalue weighted by molar-refractivity contribution is 5.10. The van der Waals surface area contributed by atoms with E-state index in [-0.39, 0.29) is 5.54 Å². The van der Waals surface area contributed by atoms with Gasteiger partial charge in [-0.3, -0.25) is 4.68 Å². The minimum absolute atomic E-state index is 0.199. The van der Waals surface area contributed by atoms with E-state index >= 15 is 0 Å². The summed E-state index contributed by atoms with van der Waals surface area (Å²) in [6.45, 7) is 7.89. The van der Waals surface area contributed by atoms with Crippen molar-refractivity contribution < 1.29 is 0 Å². The lowest BCUT2D eigenvalue weighted by Crippen LogP contribution is -2.59. The molecule has 0 aliphatic rings. The molecule has 0 aliphatic heterocycles. The highest BCUT2D eigenvalue weighted by Crippen LogP contribution is 2.28. The normalized spacial score (nSPS) is 13.9. The third-order valence-corrected chi connectivity index (χ3v) is 4.60. The van der Waals surface area contributed by atoms with Crippen molar-refractivity contribution in [3.05, 3.63) is 18.0 Å². The Morgan fingerprint density at radius 3 is 2.35 bits per heavy atom. The first-order chi connectivity index (χ1) is 9.50. The second kappa shape index (κ2) is 7.79. The zero-order valence-electron chi connectivity index (χ0n) is 14.1. The van der Waals surface area contributed by atoms with Gasteiger partial charge in [0, 0.05) is 24.8 Å². The van der Waals surface area contributed by atoms with Crippen molar-refractivity contribution in [2.24, 2.45) is 7.05 Å². The quantitative estimate of drug-likeness (QED) is 0.754. The second-order valence-corrected chi connectivity index (χ2v) is 5.94. The Morgan fingerprint density at radius 1 is 1.30 bits per heavy atom.